The summed E-state index contributed by atoms with van der Waals surface area (Å²) >= 11 is 0. The Morgan fingerprint density at radius 3 is 0.942 bits per heavy atom. The van der Waals surface area contributed by atoms with Crippen LogP contribution in [0.4, 0.5) is 0 Å². The zero-order chi connectivity index (χ0) is 38.2. The van der Waals surface area contributed by atoms with E-state index in [9.17, 15) is 14.4 Å². The first-order chi connectivity index (χ1) is 25.4. The molecule has 0 fully saturated rings. The highest BCUT2D eigenvalue weighted by Gasteiger charge is 2.19. The van der Waals surface area contributed by atoms with Gasteiger partial charge in [-0.2, -0.15) is 0 Å². The highest BCUT2D eigenvalue weighted by molar-refractivity contribution is 5.71. The second-order valence-corrected chi connectivity index (χ2v) is 16.2. The minimum absolute atomic E-state index is 0.0654. The van der Waals surface area contributed by atoms with Crippen LogP contribution in [0.1, 0.15) is 252 Å². The van der Waals surface area contributed by atoms with Crippen molar-refractivity contribution >= 4 is 17.9 Å². The molecule has 52 heavy (non-hydrogen) atoms. The molecular formula is C46H88O6. The van der Waals surface area contributed by atoms with E-state index in [-0.39, 0.29) is 31.1 Å². The lowest BCUT2D eigenvalue weighted by Gasteiger charge is -2.18. The van der Waals surface area contributed by atoms with Crippen LogP contribution < -0.4 is 0 Å². The van der Waals surface area contributed by atoms with Gasteiger partial charge in [0.15, 0.2) is 6.10 Å². The molecule has 0 rings (SSSR count). The predicted molar refractivity (Wildman–Crippen MR) is 220 cm³/mol. The number of rotatable bonds is 41. The second-order valence-electron chi connectivity index (χ2n) is 16.2. The van der Waals surface area contributed by atoms with Crippen molar-refractivity contribution in [1.29, 1.82) is 0 Å². The molecule has 0 aromatic rings. The fraction of sp³-hybridized carbons (Fsp3) is 0.935. The van der Waals surface area contributed by atoms with Crippen LogP contribution in [-0.2, 0) is 28.6 Å². The monoisotopic (exact) mass is 737 g/mol. The molecule has 0 amide bonds. The van der Waals surface area contributed by atoms with E-state index in [0.717, 1.165) is 70.1 Å². The quantitative estimate of drug-likeness (QED) is 0.0353. The highest BCUT2D eigenvalue weighted by atomic mass is 16.6. The maximum absolute atomic E-state index is 12.5. The van der Waals surface area contributed by atoms with Crippen LogP contribution >= 0.6 is 0 Å². The zero-order valence-corrected chi connectivity index (χ0v) is 35.3. The number of carbonyl (C=O) groups is 3. The highest BCUT2D eigenvalue weighted by Crippen LogP contribution is 2.16. The summed E-state index contributed by atoms with van der Waals surface area (Å²) in [5.74, 6) is -0.0609. The average molecular weight is 737 g/mol. The number of carbonyl (C=O) groups excluding carboxylic acids is 3. The molecule has 0 unspecified atom stereocenters. The van der Waals surface area contributed by atoms with E-state index >= 15 is 0 Å². The van der Waals surface area contributed by atoms with Gasteiger partial charge in [0.05, 0.1) is 0 Å². The van der Waals surface area contributed by atoms with Crippen LogP contribution in [-0.4, -0.2) is 37.2 Å². The van der Waals surface area contributed by atoms with E-state index in [1.54, 1.807) is 0 Å². The molecule has 0 saturated heterocycles. The van der Waals surface area contributed by atoms with Gasteiger partial charge in [0.2, 0.25) is 0 Å². The standard InChI is InChI=1S/C46H88O6/c1-5-7-9-11-12-13-14-15-16-17-18-19-20-23-26-30-33-37-44(47)50-40-43(52-46(49)39-35-28-10-8-6-2)41-51-45(48)38-34-31-27-24-21-22-25-29-32-36-42(3)4/h42-43H,5-41H2,1-4H3/t43-/m0/s1. The largest absolute Gasteiger partial charge is 0.462 e. The van der Waals surface area contributed by atoms with Crippen molar-refractivity contribution in [3.05, 3.63) is 0 Å². The summed E-state index contributed by atoms with van der Waals surface area (Å²) in [7, 11) is 0. The third-order valence-corrected chi connectivity index (χ3v) is 10.3. The number of unbranched alkanes of at least 4 members (excludes halogenated alkanes) is 28. The molecule has 0 spiro atoms. The lowest BCUT2D eigenvalue weighted by molar-refractivity contribution is -0.167. The molecule has 1 atom stereocenters. The van der Waals surface area contributed by atoms with Gasteiger partial charge in [-0.15, -0.1) is 0 Å². The van der Waals surface area contributed by atoms with Gasteiger partial charge in [-0.1, -0.05) is 214 Å². The fourth-order valence-electron chi connectivity index (χ4n) is 6.80. The molecule has 0 N–H and O–H groups in total. The second kappa shape index (κ2) is 40.6. The summed E-state index contributed by atoms with van der Waals surface area (Å²) in [5.41, 5.74) is 0. The first-order valence-electron chi connectivity index (χ1n) is 22.9. The van der Waals surface area contributed by atoms with Crippen molar-refractivity contribution in [2.75, 3.05) is 13.2 Å². The first-order valence-corrected chi connectivity index (χ1v) is 22.9. The molecule has 0 bridgehead atoms. The summed E-state index contributed by atoms with van der Waals surface area (Å²) in [6.07, 6.45) is 39.8. The summed E-state index contributed by atoms with van der Waals surface area (Å²) in [4.78, 5) is 37.4. The van der Waals surface area contributed by atoms with Crippen LogP contribution in [0.3, 0.4) is 0 Å². The number of esters is 3. The maximum Gasteiger partial charge on any atom is 0.306 e. The molecule has 0 aliphatic carbocycles. The van der Waals surface area contributed by atoms with Crippen LogP contribution in [0.15, 0.2) is 0 Å². The predicted octanol–water partition coefficient (Wildman–Crippen LogP) is 14.3. The van der Waals surface area contributed by atoms with E-state index in [2.05, 4.69) is 27.7 Å². The van der Waals surface area contributed by atoms with Crippen molar-refractivity contribution in [3.8, 4) is 0 Å². The van der Waals surface area contributed by atoms with Crippen LogP contribution in [0.2, 0.25) is 0 Å². The molecular weight excluding hydrogens is 649 g/mol. The number of hydrogen-bond acceptors (Lipinski definition) is 6. The number of ether oxygens (including phenoxy) is 3. The molecule has 0 radical (unpaired) electrons. The minimum atomic E-state index is -0.757. The first kappa shape index (κ1) is 50.4. The van der Waals surface area contributed by atoms with Gasteiger partial charge in [0, 0.05) is 19.3 Å². The molecule has 0 aromatic heterocycles. The van der Waals surface area contributed by atoms with E-state index < -0.39 is 6.10 Å². The van der Waals surface area contributed by atoms with Gasteiger partial charge in [-0.25, -0.2) is 0 Å². The van der Waals surface area contributed by atoms with E-state index in [0.29, 0.717) is 19.3 Å². The third-order valence-electron chi connectivity index (χ3n) is 10.3. The van der Waals surface area contributed by atoms with Crippen molar-refractivity contribution in [2.45, 2.75) is 259 Å². The Hall–Kier alpha value is -1.59. The SMILES string of the molecule is CCCCCCCCCCCCCCCCCCCC(=O)OC[C@@H](COC(=O)CCCCCCCCCCCC(C)C)OC(=O)CCCCCCC. The molecule has 0 heterocycles. The Morgan fingerprint density at radius 2 is 0.635 bits per heavy atom. The van der Waals surface area contributed by atoms with E-state index in [4.69, 9.17) is 14.2 Å². The van der Waals surface area contributed by atoms with Gasteiger partial charge < -0.3 is 14.2 Å². The topological polar surface area (TPSA) is 78.9 Å². The fourth-order valence-corrected chi connectivity index (χ4v) is 6.80. The minimum Gasteiger partial charge on any atom is -0.462 e. The molecule has 0 saturated carbocycles. The van der Waals surface area contributed by atoms with E-state index in [1.807, 2.05) is 0 Å². The summed E-state index contributed by atoms with van der Waals surface area (Å²) < 4.78 is 16.6. The summed E-state index contributed by atoms with van der Waals surface area (Å²) in [6, 6.07) is 0. The Labute approximate surface area is 323 Å². The van der Waals surface area contributed by atoms with Crippen molar-refractivity contribution in [3.63, 3.8) is 0 Å². The van der Waals surface area contributed by atoms with Crippen LogP contribution in [0.5, 0.6) is 0 Å². The summed E-state index contributed by atoms with van der Waals surface area (Å²) in [5, 5.41) is 0. The average Bonchev–Trinajstić information content (AvgIpc) is 3.12. The van der Waals surface area contributed by atoms with Gasteiger partial charge in [0.1, 0.15) is 13.2 Å². The smallest absolute Gasteiger partial charge is 0.306 e. The molecule has 6 nitrogen and oxygen atoms in total. The van der Waals surface area contributed by atoms with Gasteiger partial charge in [-0.05, 0) is 25.2 Å². The molecule has 6 heteroatoms. The zero-order valence-electron chi connectivity index (χ0n) is 35.3. The third kappa shape index (κ3) is 39.6. The maximum atomic E-state index is 12.5. The normalized spacial score (nSPS) is 11.9. The van der Waals surface area contributed by atoms with Gasteiger partial charge in [0.25, 0.3) is 0 Å². The molecule has 0 aliphatic rings. The van der Waals surface area contributed by atoms with Crippen molar-refractivity contribution < 1.29 is 28.6 Å². The molecule has 308 valence electrons. The molecule has 0 aromatic carbocycles. The lowest BCUT2D eigenvalue weighted by Crippen LogP contribution is -2.30. The Kier molecular flexibility index (Phi) is 39.4. The number of hydrogen-bond donors (Lipinski definition) is 0. The Morgan fingerprint density at radius 1 is 0.365 bits per heavy atom. The van der Waals surface area contributed by atoms with Crippen LogP contribution in [0.25, 0.3) is 0 Å². The van der Waals surface area contributed by atoms with E-state index in [1.165, 1.54) is 141 Å². The lowest BCUT2D eigenvalue weighted by atomic mass is 10.0. The Balaban J connectivity index is 4.10. The van der Waals surface area contributed by atoms with Crippen molar-refractivity contribution in [1.82, 2.24) is 0 Å². The van der Waals surface area contributed by atoms with Crippen molar-refractivity contribution in [2.24, 2.45) is 5.92 Å². The Bertz CT molecular complexity index is 781. The summed E-state index contributed by atoms with van der Waals surface area (Å²) in [6.45, 7) is 8.90. The van der Waals surface area contributed by atoms with Gasteiger partial charge >= 0.3 is 17.9 Å². The molecule has 0 aliphatic heterocycles. The van der Waals surface area contributed by atoms with Gasteiger partial charge in [-0.3, -0.25) is 14.4 Å². The van der Waals surface area contributed by atoms with Crippen LogP contribution in [0, 0.1) is 5.92 Å².